The third-order valence-electron chi connectivity index (χ3n) is 4.26. The third kappa shape index (κ3) is 6.74. The molecule has 0 aliphatic rings. The number of nitrogens with zero attached hydrogens (tertiary/aromatic N) is 4. The predicted molar refractivity (Wildman–Crippen MR) is 126 cm³/mol. The van der Waals surface area contributed by atoms with Crippen LogP contribution in [-0.4, -0.2) is 40.9 Å². The highest BCUT2D eigenvalue weighted by atomic mass is 127. The van der Waals surface area contributed by atoms with Gasteiger partial charge in [0.2, 0.25) is 0 Å². The van der Waals surface area contributed by atoms with E-state index in [9.17, 15) is 0 Å². The molecule has 0 unspecified atom stereocenters. The third-order valence-corrected chi connectivity index (χ3v) is 4.26. The number of halogens is 1. The van der Waals surface area contributed by atoms with Gasteiger partial charge in [-0.25, -0.2) is 14.7 Å². The molecule has 0 fully saturated rings. The van der Waals surface area contributed by atoms with Crippen LogP contribution in [-0.2, 0) is 13.0 Å². The number of para-hydroxylation sites is 1. The first-order valence-corrected chi connectivity index (χ1v) is 9.38. The molecule has 154 valence electrons. The zero-order valence-electron chi connectivity index (χ0n) is 16.7. The van der Waals surface area contributed by atoms with E-state index >= 15 is 0 Å². The van der Waals surface area contributed by atoms with Crippen LogP contribution >= 0.6 is 24.0 Å². The summed E-state index contributed by atoms with van der Waals surface area (Å²) in [5.74, 6) is 1.72. The van der Waals surface area contributed by atoms with Crippen LogP contribution in [0, 0.1) is 0 Å². The number of nitrogens with one attached hydrogen (secondary N) is 2. The maximum absolute atomic E-state index is 5.41. The average Bonchev–Trinajstić information content (AvgIpc) is 3.27. The van der Waals surface area contributed by atoms with Gasteiger partial charge in [0.15, 0.2) is 5.96 Å². The Morgan fingerprint density at radius 2 is 1.90 bits per heavy atom. The zero-order valence-corrected chi connectivity index (χ0v) is 19.0. The number of aliphatic imine (C=N–C) groups is 1. The van der Waals surface area contributed by atoms with Gasteiger partial charge in [0, 0.05) is 13.1 Å². The molecule has 0 radical (unpaired) electrons. The maximum Gasteiger partial charge on any atom is 0.191 e. The molecule has 0 bridgehead atoms. The molecule has 2 aromatic carbocycles. The first kappa shape index (κ1) is 22.7. The van der Waals surface area contributed by atoms with Gasteiger partial charge >= 0.3 is 0 Å². The van der Waals surface area contributed by atoms with Gasteiger partial charge < -0.3 is 15.4 Å². The normalized spacial score (nSPS) is 10.9. The lowest BCUT2D eigenvalue weighted by Gasteiger charge is -2.13. The number of benzene rings is 2. The number of ether oxygens (including phenoxy) is 1. The number of rotatable bonds is 8. The molecule has 0 spiro atoms. The average molecular weight is 506 g/mol. The fraction of sp³-hybridized carbons (Fsp3) is 0.286. The van der Waals surface area contributed by atoms with E-state index < -0.39 is 0 Å². The number of guanidine groups is 1. The van der Waals surface area contributed by atoms with Crippen molar-refractivity contribution in [1.82, 2.24) is 25.4 Å². The van der Waals surface area contributed by atoms with Gasteiger partial charge in [-0.05, 0) is 42.7 Å². The standard InChI is InChI=1S/C21H26N6O.HI/c1-3-23-21(24-13-12-18-6-4-5-7-20(18)28-2)25-14-17-8-10-19(11-9-17)27-16-22-15-26-27;/h4-11,15-16H,3,12-14H2,1-2H3,(H2,23,24,25);1H. The summed E-state index contributed by atoms with van der Waals surface area (Å²) in [4.78, 5) is 8.65. The molecule has 8 heteroatoms. The summed E-state index contributed by atoms with van der Waals surface area (Å²) < 4.78 is 7.14. The van der Waals surface area contributed by atoms with E-state index in [0.717, 1.165) is 42.5 Å². The van der Waals surface area contributed by atoms with Crippen LogP contribution < -0.4 is 15.4 Å². The smallest absolute Gasteiger partial charge is 0.191 e. The van der Waals surface area contributed by atoms with Gasteiger partial charge in [0.1, 0.15) is 18.4 Å². The molecule has 7 nitrogen and oxygen atoms in total. The Morgan fingerprint density at radius 1 is 1.10 bits per heavy atom. The van der Waals surface area contributed by atoms with Crippen LogP contribution in [0.3, 0.4) is 0 Å². The highest BCUT2D eigenvalue weighted by molar-refractivity contribution is 14.0. The number of methoxy groups -OCH3 is 1. The summed E-state index contributed by atoms with van der Waals surface area (Å²) in [5.41, 5.74) is 3.29. The molecule has 0 saturated heterocycles. The van der Waals surface area contributed by atoms with Crippen LogP contribution in [0.5, 0.6) is 5.75 Å². The Kier molecular flexibility index (Phi) is 9.42. The van der Waals surface area contributed by atoms with Gasteiger partial charge in [0.25, 0.3) is 0 Å². The van der Waals surface area contributed by atoms with Gasteiger partial charge in [0.05, 0.1) is 19.3 Å². The SMILES string of the molecule is CCNC(=NCc1ccc(-n2cncn2)cc1)NCCc1ccccc1OC.I. The summed E-state index contributed by atoms with van der Waals surface area (Å²) in [7, 11) is 1.70. The molecule has 3 aromatic rings. The molecule has 0 atom stereocenters. The molecule has 0 aliphatic heterocycles. The van der Waals surface area contributed by atoms with Crippen LogP contribution in [0.15, 0.2) is 66.2 Å². The first-order valence-electron chi connectivity index (χ1n) is 9.38. The maximum atomic E-state index is 5.41. The van der Waals surface area contributed by atoms with Gasteiger partial charge in [-0.15, -0.1) is 24.0 Å². The lowest BCUT2D eigenvalue weighted by molar-refractivity contribution is 0.409. The van der Waals surface area contributed by atoms with E-state index in [4.69, 9.17) is 4.74 Å². The van der Waals surface area contributed by atoms with Crippen molar-refractivity contribution in [3.63, 3.8) is 0 Å². The Morgan fingerprint density at radius 3 is 2.59 bits per heavy atom. The second kappa shape index (κ2) is 12.1. The Hall–Kier alpha value is -2.62. The summed E-state index contributed by atoms with van der Waals surface area (Å²) in [6.45, 7) is 4.25. The predicted octanol–water partition coefficient (Wildman–Crippen LogP) is 3.19. The van der Waals surface area contributed by atoms with E-state index in [-0.39, 0.29) is 24.0 Å². The van der Waals surface area contributed by atoms with Crippen molar-refractivity contribution in [2.75, 3.05) is 20.2 Å². The second-order valence-corrected chi connectivity index (χ2v) is 6.19. The molecule has 0 saturated carbocycles. The van der Waals surface area contributed by atoms with Crippen LogP contribution in [0.2, 0.25) is 0 Å². The molecular weight excluding hydrogens is 479 g/mol. The van der Waals surface area contributed by atoms with E-state index in [1.54, 1.807) is 18.1 Å². The molecule has 0 aliphatic carbocycles. The summed E-state index contributed by atoms with van der Waals surface area (Å²) in [5, 5.41) is 10.8. The van der Waals surface area contributed by atoms with E-state index in [2.05, 4.69) is 50.8 Å². The van der Waals surface area contributed by atoms with E-state index in [0.29, 0.717) is 6.54 Å². The van der Waals surface area contributed by atoms with Gasteiger partial charge in [-0.3, -0.25) is 0 Å². The zero-order chi connectivity index (χ0) is 19.6. The van der Waals surface area contributed by atoms with Crippen LogP contribution in [0.4, 0.5) is 0 Å². The van der Waals surface area contributed by atoms with Gasteiger partial charge in [-0.1, -0.05) is 30.3 Å². The highest BCUT2D eigenvalue weighted by Gasteiger charge is 2.03. The van der Waals surface area contributed by atoms with E-state index in [1.165, 1.54) is 11.9 Å². The van der Waals surface area contributed by atoms with Crippen molar-refractivity contribution in [3.05, 3.63) is 72.3 Å². The topological polar surface area (TPSA) is 76.4 Å². The molecule has 1 aromatic heterocycles. The van der Waals surface area contributed by atoms with Crippen molar-refractivity contribution in [1.29, 1.82) is 0 Å². The highest BCUT2D eigenvalue weighted by Crippen LogP contribution is 2.17. The summed E-state index contributed by atoms with van der Waals surface area (Å²) >= 11 is 0. The fourth-order valence-corrected chi connectivity index (χ4v) is 2.83. The summed E-state index contributed by atoms with van der Waals surface area (Å²) in [6.07, 6.45) is 4.07. The quantitative estimate of drug-likeness (QED) is 0.279. The Bertz CT molecular complexity index is 880. The monoisotopic (exact) mass is 506 g/mol. The molecule has 1 heterocycles. The molecule has 29 heavy (non-hydrogen) atoms. The first-order chi connectivity index (χ1) is 13.8. The lowest BCUT2D eigenvalue weighted by atomic mass is 10.1. The van der Waals surface area contributed by atoms with Crippen molar-refractivity contribution in [2.45, 2.75) is 19.9 Å². The minimum Gasteiger partial charge on any atom is -0.496 e. The van der Waals surface area contributed by atoms with Gasteiger partial charge in [-0.2, -0.15) is 5.10 Å². The van der Waals surface area contributed by atoms with Crippen molar-refractivity contribution in [2.24, 2.45) is 4.99 Å². The molecule has 0 amide bonds. The molecule has 2 N–H and O–H groups in total. The van der Waals surface area contributed by atoms with Crippen molar-refractivity contribution in [3.8, 4) is 11.4 Å². The number of hydrogen-bond acceptors (Lipinski definition) is 4. The minimum atomic E-state index is 0. The second-order valence-electron chi connectivity index (χ2n) is 6.19. The number of aromatic nitrogens is 3. The Balaban J connectivity index is 0.00000300. The molecular formula is C21H27IN6O. The fourth-order valence-electron chi connectivity index (χ4n) is 2.83. The van der Waals surface area contributed by atoms with Crippen molar-refractivity contribution < 1.29 is 4.74 Å². The van der Waals surface area contributed by atoms with Crippen LogP contribution in [0.1, 0.15) is 18.1 Å². The molecule has 3 rings (SSSR count). The Labute approximate surface area is 188 Å². The largest absolute Gasteiger partial charge is 0.496 e. The van der Waals surface area contributed by atoms with Crippen LogP contribution in [0.25, 0.3) is 5.69 Å². The lowest BCUT2D eigenvalue weighted by Crippen LogP contribution is -2.38. The van der Waals surface area contributed by atoms with Crippen molar-refractivity contribution >= 4 is 29.9 Å². The van der Waals surface area contributed by atoms with E-state index in [1.807, 2.05) is 30.3 Å². The number of hydrogen-bond donors (Lipinski definition) is 2. The minimum absolute atomic E-state index is 0. The summed E-state index contributed by atoms with van der Waals surface area (Å²) in [6, 6.07) is 16.2.